The van der Waals surface area contributed by atoms with Crippen LogP contribution in [-0.2, 0) is 11.3 Å². The minimum atomic E-state index is -0.579. The molecule has 1 atom stereocenters. The van der Waals surface area contributed by atoms with Gasteiger partial charge >= 0.3 is 5.82 Å². The zero-order valence-electron chi connectivity index (χ0n) is 13.1. The first-order valence-electron chi connectivity index (χ1n) is 7.20. The smallest absolute Gasteiger partial charge is 0.358 e. The second kappa shape index (κ2) is 7.39. The molecule has 0 aliphatic carbocycles. The minimum absolute atomic E-state index is 0.00468. The number of benzene rings is 1. The van der Waals surface area contributed by atoms with E-state index in [1.807, 2.05) is 0 Å². The van der Waals surface area contributed by atoms with E-state index in [1.54, 1.807) is 24.5 Å². The lowest BCUT2D eigenvalue weighted by atomic mass is 10.1. The molecule has 1 aromatic heterocycles. The maximum absolute atomic E-state index is 13.2. The average molecular weight is 355 g/mol. The summed E-state index contributed by atoms with van der Waals surface area (Å²) in [5.74, 6) is -0.537. The van der Waals surface area contributed by atoms with E-state index in [9.17, 15) is 19.3 Å². The van der Waals surface area contributed by atoms with Crippen molar-refractivity contribution in [2.45, 2.75) is 32.9 Å². The number of hydrogen-bond acceptors (Lipinski definition) is 4. The van der Waals surface area contributed by atoms with E-state index in [4.69, 9.17) is 11.6 Å². The number of nitrogens with zero attached hydrogens (tertiary/aromatic N) is 3. The third-order valence-corrected chi connectivity index (χ3v) is 3.84. The lowest BCUT2D eigenvalue weighted by molar-refractivity contribution is -0.389. The molecule has 0 bridgehead atoms. The fourth-order valence-corrected chi connectivity index (χ4v) is 2.40. The molecule has 1 amide bonds. The van der Waals surface area contributed by atoms with E-state index in [-0.39, 0.29) is 35.8 Å². The highest BCUT2D eigenvalue weighted by Crippen LogP contribution is 2.20. The zero-order valence-corrected chi connectivity index (χ0v) is 13.9. The van der Waals surface area contributed by atoms with Gasteiger partial charge in [0.1, 0.15) is 12.0 Å². The Kier molecular flexibility index (Phi) is 5.50. The predicted octanol–water partition coefficient (Wildman–Crippen LogP) is 3.16. The van der Waals surface area contributed by atoms with Crippen LogP contribution in [0.2, 0.25) is 5.02 Å². The first-order chi connectivity index (χ1) is 11.3. The molecule has 0 aliphatic heterocycles. The van der Waals surface area contributed by atoms with Gasteiger partial charge in [-0.25, -0.2) is 4.39 Å². The summed E-state index contributed by atoms with van der Waals surface area (Å²) in [6, 6.07) is 3.92. The van der Waals surface area contributed by atoms with Crippen LogP contribution in [-0.4, -0.2) is 20.4 Å². The number of carbonyl (C=O) groups excluding carboxylic acids is 1. The Morgan fingerprint density at radius 2 is 2.25 bits per heavy atom. The monoisotopic (exact) mass is 354 g/mol. The number of rotatable bonds is 6. The van der Waals surface area contributed by atoms with Crippen molar-refractivity contribution >= 4 is 23.3 Å². The highest BCUT2D eigenvalue weighted by Gasteiger charge is 2.16. The van der Waals surface area contributed by atoms with Crippen molar-refractivity contribution in [3.8, 4) is 0 Å². The Labute approximate surface area is 142 Å². The highest BCUT2D eigenvalue weighted by molar-refractivity contribution is 6.30. The number of halogens is 2. The predicted molar refractivity (Wildman–Crippen MR) is 86.2 cm³/mol. The maximum Gasteiger partial charge on any atom is 0.381 e. The second-order valence-electron chi connectivity index (χ2n) is 5.31. The Morgan fingerprint density at radius 3 is 2.83 bits per heavy atom. The normalized spacial score (nSPS) is 12.0. The molecular formula is C15H16ClFN4O3. The molecule has 0 spiro atoms. The van der Waals surface area contributed by atoms with E-state index in [2.05, 4.69) is 10.3 Å². The number of imidazole rings is 1. The molecule has 1 aromatic carbocycles. The van der Waals surface area contributed by atoms with Gasteiger partial charge in [-0.1, -0.05) is 17.7 Å². The minimum Gasteiger partial charge on any atom is -0.358 e. The summed E-state index contributed by atoms with van der Waals surface area (Å²) in [7, 11) is 0. The molecule has 0 saturated carbocycles. The molecule has 2 aromatic rings. The molecule has 2 rings (SSSR count). The Morgan fingerprint density at radius 1 is 1.54 bits per heavy atom. The van der Waals surface area contributed by atoms with Gasteiger partial charge in [-0.15, -0.1) is 0 Å². The third-order valence-electron chi connectivity index (χ3n) is 3.55. The summed E-state index contributed by atoms with van der Waals surface area (Å²) in [5, 5.41) is 13.4. The summed E-state index contributed by atoms with van der Waals surface area (Å²) >= 11 is 5.73. The van der Waals surface area contributed by atoms with Gasteiger partial charge in [0, 0.05) is 19.9 Å². The van der Waals surface area contributed by atoms with E-state index in [1.165, 1.54) is 18.3 Å². The van der Waals surface area contributed by atoms with Crippen LogP contribution in [0.5, 0.6) is 0 Å². The van der Waals surface area contributed by atoms with E-state index < -0.39 is 10.7 Å². The fourth-order valence-electron chi connectivity index (χ4n) is 2.21. The van der Waals surface area contributed by atoms with Gasteiger partial charge in [0.05, 0.1) is 11.1 Å². The Balaban J connectivity index is 1.93. The largest absolute Gasteiger partial charge is 0.381 e. The molecule has 0 fully saturated rings. The SMILES string of the molecule is Cc1nc([N+](=O)[O-])cn1CCC(=O)NC(C)c1ccc(F)c(Cl)c1. The summed E-state index contributed by atoms with van der Waals surface area (Å²) in [6.45, 7) is 3.66. The van der Waals surface area contributed by atoms with E-state index >= 15 is 0 Å². The molecular weight excluding hydrogens is 339 g/mol. The average Bonchev–Trinajstić information content (AvgIpc) is 2.89. The van der Waals surface area contributed by atoms with Crippen LogP contribution in [0.15, 0.2) is 24.4 Å². The molecule has 9 heteroatoms. The van der Waals surface area contributed by atoms with Crippen molar-refractivity contribution in [2.75, 3.05) is 0 Å². The van der Waals surface area contributed by atoms with Gasteiger partial charge in [0.2, 0.25) is 11.7 Å². The molecule has 0 aliphatic rings. The first kappa shape index (κ1) is 17.9. The van der Waals surface area contributed by atoms with Crippen LogP contribution in [0.3, 0.4) is 0 Å². The van der Waals surface area contributed by atoms with Crippen molar-refractivity contribution in [3.05, 3.63) is 56.7 Å². The fraction of sp³-hybridized carbons (Fsp3) is 0.333. The molecule has 0 saturated heterocycles. The zero-order chi connectivity index (χ0) is 17.9. The van der Waals surface area contributed by atoms with Gasteiger partial charge in [0.15, 0.2) is 0 Å². The number of carbonyl (C=O) groups is 1. The molecule has 1 heterocycles. The number of aryl methyl sites for hydroxylation is 2. The number of nitro groups is 1. The summed E-state index contributed by atoms with van der Waals surface area (Å²) in [5.41, 5.74) is 0.684. The topological polar surface area (TPSA) is 90.1 Å². The summed E-state index contributed by atoms with van der Waals surface area (Å²) < 4.78 is 14.7. The van der Waals surface area contributed by atoms with Crippen molar-refractivity contribution < 1.29 is 14.1 Å². The Bertz CT molecular complexity index is 778. The van der Waals surface area contributed by atoms with Crippen LogP contribution < -0.4 is 5.32 Å². The van der Waals surface area contributed by atoms with Gasteiger partial charge in [-0.05, 0) is 34.5 Å². The summed E-state index contributed by atoms with van der Waals surface area (Å²) in [4.78, 5) is 25.9. The molecule has 128 valence electrons. The molecule has 24 heavy (non-hydrogen) atoms. The molecule has 0 radical (unpaired) electrons. The molecule has 7 nitrogen and oxygen atoms in total. The van der Waals surface area contributed by atoms with E-state index in [0.29, 0.717) is 11.4 Å². The van der Waals surface area contributed by atoms with Crippen LogP contribution >= 0.6 is 11.6 Å². The quantitative estimate of drug-likeness (QED) is 0.637. The maximum atomic E-state index is 13.2. The van der Waals surface area contributed by atoms with Crippen LogP contribution in [0, 0.1) is 22.9 Å². The van der Waals surface area contributed by atoms with E-state index in [0.717, 1.165) is 0 Å². The second-order valence-corrected chi connectivity index (χ2v) is 5.72. The Hall–Kier alpha value is -2.48. The van der Waals surface area contributed by atoms with Crippen molar-refractivity contribution in [1.82, 2.24) is 14.9 Å². The molecule has 1 unspecified atom stereocenters. The first-order valence-corrected chi connectivity index (χ1v) is 7.58. The standard InChI is InChI=1S/C15H16ClFN4O3/c1-9(11-3-4-13(17)12(16)7-11)18-15(22)5-6-20-8-14(21(23)24)19-10(20)2/h3-4,7-9H,5-6H2,1-2H3,(H,18,22). The van der Waals surface area contributed by atoms with Crippen LogP contribution in [0.25, 0.3) is 0 Å². The van der Waals surface area contributed by atoms with Crippen LogP contribution in [0.1, 0.15) is 30.8 Å². The van der Waals surface area contributed by atoms with Gasteiger partial charge < -0.3 is 20.0 Å². The number of amides is 1. The third kappa shape index (κ3) is 4.29. The van der Waals surface area contributed by atoms with Crippen molar-refractivity contribution in [3.63, 3.8) is 0 Å². The lowest BCUT2D eigenvalue weighted by Crippen LogP contribution is -2.27. The number of nitrogens with one attached hydrogen (secondary N) is 1. The van der Waals surface area contributed by atoms with Crippen molar-refractivity contribution in [2.24, 2.45) is 0 Å². The highest BCUT2D eigenvalue weighted by atomic mass is 35.5. The van der Waals surface area contributed by atoms with Gasteiger partial charge in [-0.2, -0.15) is 0 Å². The van der Waals surface area contributed by atoms with Crippen LogP contribution in [0.4, 0.5) is 10.2 Å². The molecule has 1 N–H and O–H groups in total. The van der Waals surface area contributed by atoms with Gasteiger partial charge in [0.25, 0.3) is 0 Å². The lowest BCUT2D eigenvalue weighted by Gasteiger charge is -2.15. The van der Waals surface area contributed by atoms with Crippen molar-refractivity contribution in [1.29, 1.82) is 0 Å². The summed E-state index contributed by atoms with van der Waals surface area (Å²) in [6.07, 6.45) is 1.43. The number of hydrogen-bond donors (Lipinski definition) is 1. The number of aromatic nitrogens is 2. The van der Waals surface area contributed by atoms with Gasteiger partial charge in [-0.3, -0.25) is 4.79 Å².